The molecule has 2 aliphatic rings. The van der Waals surface area contributed by atoms with Crippen LogP contribution in [0.3, 0.4) is 0 Å². The van der Waals surface area contributed by atoms with Crippen LogP contribution in [0.15, 0.2) is 66.0 Å². The minimum atomic E-state index is -4.19. The van der Waals surface area contributed by atoms with Crippen LogP contribution in [-0.4, -0.2) is 19.7 Å². The summed E-state index contributed by atoms with van der Waals surface area (Å²) in [6.07, 6.45) is 11.7. The number of para-hydroxylation sites is 1. The summed E-state index contributed by atoms with van der Waals surface area (Å²) in [5, 5.41) is 5.66. The third kappa shape index (κ3) is 4.96. The number of fused-ring (bicyclic) bond motifs is 1. The monoisotopic (exact) mass is 324 g/mol. The molecule has 0 amide bonds. The van der Waals surface area contributed by atoms with Gasteiger partial charge in [0, 0.05) is 23.3 Å². The molecule has 7 heteroatoms. The molecule has 6 nitrogen and oxygen atoms in total. The minimum absolute atomic E-state index is 0.759. The predicted molar refractivity (Wildman–Crippen MR) is 75.0 cm³/mol. The van der Waals surface area contributed by atoms with Gasteiger partial charge in [-0.25, -0.2) is 0 Å². The van der Waals surface area contributed by atoms with Gasteiger partial charge in [0.05, 0.1) is 0 Å². The fraction of sp³-hybridized carbons (Fsp3) is 0. The molecule has 0 saturated carbocycles. The molecule has 116 valence electrons. The maximum atomic E-state index is 8.83. The summed E-state index contributed by atoms with van der Waals surface area (Å²) in [5.41, 5.74) is 2.89. The Labute approximate surface area is 128 Å². The van der Waals surface area contributed by atoms with Crippen LogP contribution in [0.5, 0.6) is 5.75 Å². The Morgan fingerprint density at radius 3 is 2.14 bits per heavy atom. The molecule has 0 atom stereocenters. The quantitative estimate of drug-likeness (QED) is 0.478. The summed E-state index contributed by atoms with van der Waals surface area (Å²) < 4.78 is 36.1. The molecule has 0 saturated heterocycles. The van der Waals surface area contributed by atoms with Crippen molar-refractivity contribution in [2.45, 2.75) is 0 Å². The Hall–Kier alpha value is -2.22. The number of rotatable bonds is 0. The molecule has 1 aromatic carbocycles. The molecule has 0 bridgehead atoms. The summed E-state index contributed by atoms with van der Waals surface area (Å²) in [5.74, 6) is 1.74. The zero-order valence-electron chi connectivity index (χ0n) is 11.4. The number of ether oxygens (including phenoxy) is 1. The van der Waals surface area contributed by atoms with Crippen molar-refractivity contribution in [3.63, 3.8) is 0 Å². The van der Waals surface area contributed by atoms with Crippen molar-refractivity contribution in [2.75, 3.05) is 0 Å². The number of allylic oxidation sites excluding steroid dienone is 6. The predicted octanol–water partition coefficient (Wildman–Crippen LogP) is -1.19. The van der Waals surface area contributed by atoms with Gasteiger partial charge in [-0.3, -0.25) is 5.41 Å². The fourth-order valence-electron chi connectivity index (χ4n) is 1.83. The van der Waals surface area contributed by atoms with Crippen molar-refractivity contribution in [2.24, 2.45) is 0 Å². The van der Waals surface area contributed by atoms with Gasteiger partial charge in [-0.15, -0.1) is 0 Å². The molecule has 3 rings (SSSR count). The zero-order chi connectivity index (χ0) is 16.2. The summed E-state index contributed by atoms with van der Waals surface area (Å²) in [7, 11) is -4.19. The number of halogens is 1. The second-order valence-electron chi connectivity index (χ2n) is 4.39. The maximum absolute atomic E-state index is 8.83. The van der Waals surface area contributed by atoms with E-state index in [2.05, 4.69) is 6.08 Å². The average molecular weight is 325 g/mol. The van der Waals surface area contributed by atoms with Gasteiger partial charge in [0.2, 0.25) is 0 Å². The van der Waals surface area contributed by atoms with Gasteiger partial charge in [-0.05, 0) is 30.4 Å². The van der Waals surface area contributed by atoms with E-state index in [9.17, 15) is 0 Å². The van der Waals surface area contributed by atoms with E-state index < -0.39 is 10.2 Å². The van der Waals surface area contributed by atoms with Crippen LogP contribution in [0, 0.1) is 10.2 Å². The third-order valence-electron chi connectivity index (χ3n) is 2.75. The molecule has 0 aromatic heterocycles. The molecule has 0 radical (unpaired) electrons. The summed E-state index contributed by atoms with van der Waals surface area (Å²) >= 11 is 0. The number of hydrogen-bond donors (Lipinski definition) is 4. The SMILES string of the molecule is [NH2+]=C1C=CC(=C2C=Cc3ccccc3O2)C=C1.[O-][Cl+](O)(O)O. The van der Waals surface area contributed by atoms with E-state index in [-0.39, 0.29) is 0 Å². The molecule has 0 spiro atoms. The Morgan fingerprint density at radius 1 is 0.909 bits per heavy atom. The Bertz CT molecular complexity index is 674. The van der Waals surface area contributed by atoms with E-state index in [1.807, 2.05) is 54.6 Å². The molecular formula is C15H15ClNO5+. The molecule has 5 N–H and O–H groups in total. The van der Waals surface area contributed by atoms with Gasteiger partial charge in [-0.2, -0.15) is 0 Å². The zero-order valence-corrected chi connectivity index (χ0v) is 12.1. The number of benzene rings is 1. The first-order chi connectivity index (χ1) is 10.3. The molecule has 22 heavy (non-hydrogen) atoms. The summed E-state index contributed by atoms with van der Waals surface area (Å²) in [6, 6.07) is 7.97. The normalized spacial score (nSPS) is 16.6. The van der Waals surface area contributed by atoms with Crippen molar-refractivity contribution < 1.29 is 39.0 Å². The Morgan fingerprint density at radius 2 is 1.50 bits per heavy atom. The van der Waals surface area contributed by atoms with E-state index in [0.717, 1.165) is 28.4 Å². The van der Waals surface area contributed by atoms with Gasteiger partial charge >= 0.3 is 28.9 Å². The van der Waals surface area contributed by atoms with Crippen molar-refractivity contribution in [1.29, 1.82) is 0 Å². The van der Waals surface area contributed by atoms with Gasteiger partial charge in [0.25, 0.3) is 0 Å². The molecular weight excluding hydrogens is 310 g/mol. The van der Waals surface area contributed by atoms with E-state index in [4.69, 9.17) is 28.8 Å². The van der Waals surface area contributed by atoms with Crippen LogP contribution in [0.25, 0.3) is 6.08 Å². The Balaban J connectivity index is 0.000000309. The molecule has 0 unspecified atom stereocenters. The fourth-order valence-corrected chi connectivity index (χ4v) is 1.83. The van der Waals surface area contributed by atoms with Gasteiger partial charge in [0.15, 0.2) is 5.71 Å². The Kier molecular flexibility index (Phi) is 4.92. The standard InChI is InChI=1S/C15H11NO.ClH3O4/c16-13-8-5-12(6-9-13)15-10-7-11-3-1-2-4-14(11)17-15;2-1(3,4)5/h1-10,16H;2-4H/p+1. The first-order valence-corrected chi connectivity index (χ1v) is 7.49. The second-order valence-corrected chi connectivity index (χ2v) is 5.26. The summed E-state index contributed by atoms with van der Waals surface area (Å²) in [6.45, 7) is 0. The van der Waals surface area contributed by atoms with Crippen LogP contribution < -0.4 is 14.8 Å². The van der Waals surface area contributed by atoms with E-state index >= 15 is 0 Å². The third-order valence-corrected chi connectivity index (χ3v) is 2.75. The van der Waals surface area contributed by atoms with E-state index in [1.54, 1.807) is 0 Å². The van der Waals surface area contributed by atoms with E-state index in [1.165, 1.54) is 0 Å². The van der Waals surface area contributed by atoms with Crippen LogP contribution >= 0.6 is 0 Å². The van der Waals surface area contributed by atoms with Gasteiger partial charge in [-0.1, -0.05) is 18.2 Å². The van der Waals surface area contributed by atoms with Gasteiger partial charge in [0.1, 0.15) is 11.5 Å². The number of hydrogen-bond acceptors (Lipinski definition) is 5. The average Bonchev–Trinajstić information content (AvgIpc) is 2.46. The van der Waals surface area contributed by atoms with Crippen molar-refractivity contribution in [3.8, 4) is 5.75 Å². The molecule has 1 heterocycles. The second kappa shape index (κ2) is 6.69. The van der Waals surface area contributed by atoms with Crippen molar-refractivity contribution in [3.05, 3.63) is 71.5 Å². The van der Waals surface area contributed by atoms with E-state index in [0.29, 0.717) is 0 Å². The van der Waals surface area contributed by atoms with Crippen molar-refractivity contribution >= 4 is 11.8 Å². The summed E-state index contributed by atoms with van der Waals surface area (Å²) in [4.78, 5) is 0. The van der Waals surface area contributed by atoms with Crippen LogP contribution in [0.2, 0.25) is 0 Å². The molecule has 0 fully saturated rings. The molecule has 1 aliphatic heterocycles. The topological polar surface area (TPSA) is 119 Å². The first-order valence-electron chi connectivity index (χ1n) is 6.17. The van der Waals surface area contributed by atoms with Crippen LogP contribution in [0.4, 0.5) is 0 Å². The van der Waals surface area contributed by atoms with Crippen LogP contribution in [-0.2, 0) is 0 Å². The molecule has 1 aromatic rings. The molecule has 1 aliphatic carbocycles. The van der Waals surface area contributed by atoms with Gasteiger partial charge < -0.3 is 4.74 Å². The van der Waals surface area contributed by atoms with Crippen molar-refractivity contribution in [1.82, 2.24) is 0 Å². The van der Waals surface area contributed by atoms with Crippen LogP contribution in [0.1, 0.15) is 5.56 Å². The first kappa shape index (κ1) is 16.2. The number of nitrogens with two attached hydrogens (primary N) is 1.